The van der Waals surface area contributed by atoms with Crippen molar-refractivity contribution in [3.63, 3.8) is 0 Å². The second kappa shape index (κ2) is 9.46. The maximum Gasteiger partial charge on any atom is 0.222 e. The highest BCUT2D eigenvalue weighted by atomic mass is 16.6. The summed E-state index contributed by atoms with van der Waals surface area (Å²) in [5.41, 5.74) is 2.69. The first-order chi connectivity index (χ1) is 15.8. The molecule has 0 aliphatic carbocycles. The number of carbonyl (C=O) groups excluding carboxylic acids is 1. The molecule has 0 aromatic carbocycles. The summed E-state index contributed by atoms with van der Waals surface area (Å²) >= 11 is 0. The van der Waals surface area contributed by atoms with Crippen LogP contribution in [0.15, 0.2) is 30.6 Å². The monoisotopic (exact) mass is 454 g/mol. The molecule has 1 aliphatic heterocycles. The van der Waals surface area contributed by atoms with E-state index in [4.69, 9.17) is 23.9 Å². The summed E-state index contributed by atoms with van der Waals surface area (Å²) in [6.45, 7) is 4.85. The second-order valence-electron chi connectivity index (χ2n) is 8.35. The fourth-order valence-electron chi connectivity index (χ4n) is 3.99. The van der Waals surface area contributed by atoms with Crippen molar-refractivity contribution in [3.8, 4) is 17.0 Å². The molecule has 4 rings (SSSR count). The normalized spacial score (nSPS) is 19.1. The molecule has 176 valence electrons. The van der Waals surface area contributed by atoms with E-state index in [2.05, 4.69) is 10.3 Å². The van der Waals surface area contributed by atoms with Crippen molar-refractivity contribution >= 4 is 22.6 Å². The topological polar surface area (TPSA) is 96.7 Å². The van der Waals surface area contributed by atoms with Gasteiger partial charge < -0.3 is 28.8 Å². The van der Waals surface area contributed by atoms with Crippen LogP contribution in [0.3, 0.4) is 0 Å². The van der Waals surface area contributed by atoms with Crippen molar-refractivity contribution in [2.24, 2.45) is 7.05 Å². The molecule has 3 aromatic rings. The first kappa shape index (κ1) is 23.2. The Morgan fingerprint density at radius 1 is 1.33 bits per heavy atom. The molecule has 0 saturated carbocycles. The predicted molar refractivity (Wildman–Crippen MR) is 124 cm³/mol. The first-order valence-electron chi connectivity index (χ1n) is 10.9. The van der Waals surface area contributed by atoms with Crippen LogP contribution in [-0.4, -0.2) is 60.6 Å². The lowest BCUT2D eigenvalue weighted by Crippen LogP contribution is -2.30. The molecule has 1 aliphatic rings. The van der Waals surface area contributed by atoms with Crippen molar-refractivity contribution in [2.45, 2.75) is 32.0 Å². The fraction of sp³-hybridized carbons (Fsp3) is 0.458. The highest BCUT2D eigenvalue weighted by molar-refractivity contribution is 5.98. The number of hydrogen-bond donors (Lipinski definition) is 1. The maximum atomic E-state index is 11.5. The van der Waals surface area contributed by atoms with Gasteiger partial charge in [-0.05, 0) is 13.0 Å². The summed E-state index contributed by atoms with van der Waals surface area (Å²) in [5, 5.41) is 3.67. The van der Waals surface area contributed by atoms with Gasteiger partial charge in [0.1, 0.15) is 23.8 Å². The van der Waals surface area contributed by atoms with Crippen LogP contribution in [0, 0.1) is 0 Å². The van der Waals surface area contributed by atoms with Crippen molar-refractivity contribution in [3.05, 3.63) is 36.3 Å². The van der Waals surface area contributed by atoms with Crippen LogP contribution in [-0.2, 0) is 31.7 Å². The van der Waals surface area contributed by atoms with Gasteiger partial charge >= 0.3 is 0 Å². The third-order valence-corrected chi connectivity index (χ3v) is 5.98. The van der Waals surface area contributed by atoms with Crippen molar-refractivity contribution in [1.82, 2.24) is 14.5 Å². The molecular formula is C24H30N4O5. The Balaban J connectivity index is 1.84. The fourth-order valence-corrected chi connectivity index (χ4v) is 3.99. The minimum atomic E-state index is -0.630. The summed E-state index contributed by atoms with van der Waals surface area (Å²) in [4.78, 5) is 20.9. The van der Waals surface area contributed by atoms with Gasteiger partial charge in [-0.15, -0.1) is 0 Å². The number of anilines is 1. The summed E-state index contributed by atoms with van der Waals surface area (Å²) in [5.74, 6) is 0.989. The average molecular weight is 455 g/mol. The molecule has 2 atom stereocenters. The van der Waals surface area contributed by atoms with Crippen molar-refractivity contribution in [1.29, 1.82) is 0 Å². The zero-order valence-corrected chi connectivity index (χ0v) is 19.7. The van der Waals surface area contributed by atoms with E-state index in [0.717, 1.165) is 27.9 Å². The van der Waals surface area contributed by atoms with Gasteiger partial charge in [-0.25, -0.2) is 9.97 Å². The van der Waals surface area contributed by atoms with Crippen LogP contribution >= 0.6 is 0 Å². The van der Waals surface area contributed by atoms with Crippen LogP contribution < -0.4 is 10.1 Å². The van der Waals surface area contributed by atoms with Gasteiger partial charge in [-0.2, -0.15) is 0 Å². The summed E-state index contributed by atoms with van der Waals surface area (Å²) in [6.07, 6.45) is 4.40. The highest BCUT2D eigenvalue weighted by Crippen LogP contribution is 2.38. The van der Waals surface area contributed by atoms with E-state index >= 15 is 0 Å². The number of rotatable bonds is 8. The van der Waals surface area contributed by atoms with Gasteiger partial charge in [0.2, 0.25) is 5.91 Å². The Morgan fingerprint density at radius 2 is 2.15 bits per heavy atom. The number of hydrogen-bond acceptors (Lipinski definition) is 7. The van der Waals surface area contributed by atoms with Crippen molar-refractivity contribution < 1.29 is 23.7 Å². The maximum absolute atomic E-state index is 11.5. The number of aryl methyl sites for hydroxylation is 1. The minimum absolute atomic E-state index is 0.0555. The molecular weight excluding hydrogens is 424 g/mol. The minimum Gasteiger partial charge on any atom is -0.491 e. The average Bonchev–Trinajstić information content (AvgIpc) is 3.42. The van der Waals surface area contributed by atoms with Crippen LogP contribution in [0.2, 0.25) is 0 Å². The van der Waals surface area contributed by atoms with Crippen LogP contribution in [0.25, 0.3) is 22.2 Å². The lowest BCUT2D eigenvalue weighted by molar-refractivity contribution is -0.114. The molecule has 1 fully saturated rings. The zero-order valence-electron chi connectivity index (χ0n) is 19.7. The van der Waals surface area contributed by atoms with Gasteiger partial charge in [0.15, 0.2) is 0 Å². The number of nitrogens with one attached hydrogen (secondary N) is 1. The number of ether oxygens (including phenoxy) is 4. The first-order valence-corrected chi connectivity index (χ1v) is 10.9. The molecule has 0 spiro atoms. The molecule has 1 N–H and O–H groups in total. The number of carbonyl (C=O) groups is 1. The quantitative estimate of drug-likeness (QED) is 0.558. The Hall–Kier alpha value is -3.01. The SMILES string of the molecule is CO[C@H](C)COc1cc(-c2cn(C)c3cnc(NC(C)=O)cc23)nc([C@]2(OC)CCOC2)c1. The van der Waals surface area contributed by atoms with Gasteiger partial charge in [0.25, 0.3) is 0 Å². The highest BCUT2D eigenvalue weighted by Gasteiger charge is 2.39. The molecule has 3 aromatic heterocycles. The van der Waals surface area contributed by atoms with E-state index in [0.29, 0.717) is 37.8 Å². The van der Waals surface area contributed by atoms with Crippen LogP contribution in [0.4, 0.5) is 5.82 Å². The summed E-state index contributed by atoms with van der Waals surface area (Å²) in [7, 11) is 5.29. The van der Waals surface area contributed by atoms with Crippen molar-refractivity contribution in [2.75, 3.05) is 39.4 Å². The Bertz CT molecular complexity index is 1150. The molecule has 9 heteroatoms. The Morgan fingerprint density at radius 3 is 2.82 bits per heavy atom. The Kier molecular flexibility index (Phi) is 6.64. The van der Waals surface area contributed by atoms with Gasteiger partial charge in [0.05, 0.1) is 35.8 Å². The van der Waals surface area contributed by atoms with Crippen LogP contribution in [0.1, 0.15) is 26.0 Å². The molecule has 0 bridgehead atoms. The molecule has 0 radical (unpaired) electrons. The standard InChI is InChI=1S/C24H30N4O5/c1-15(30-4)13-33-17-8-20(27-22(9-17)24(31-5)6-7-32-14-24)19-12-28(3)21-11-25-23(10-18(19)21)26-16(2)29/h8-12,15H,6-7,13-14H2,1-5H3,(H,25,26,29)/t15-,24+/m1/s1. The zero-order chi connectivity index (χ0) is 23.6. The summed E-state index contributed by atoms with van der Waals surface area (Å²) < 4.78 is 24.9. The van der Waals surface area contributed by atoms with E-state index in [9.17, 15) is 4.79 Å². The lowest BCUT2D eigenvalue weighted by Gasteiger charge is -2.26. The van der Waals surface area contributed by atoms with E-state index in [1.54, 1.807) is 20.4 Å². The van der Waals surface area contributed by atoms with E-state index in [1.165, 1.54) is 6.92 Å². The van der Waals surface area contributed by atoms with E-state index in [-0.39, 0.29) is 12.0 Å². The number of pyridine rings is 2. The molecule has 33 heavy (non-hydrogen) atoms. The number of fused-ring (bicyclic) bond motifs is 1. The van der Waals surface area contributed by atoms with Crippen LogP contribution in [0.5, 0.6) is 5.75 Å². The molecule has 0 unspecified atom stereocenters. The van der Waals surface area contributed by atoms with Gasteiger partial charge in [-0.3, -0.25) is 4.79 Å². The largest absolute Gasteiger partial charge is 0.491 e. The number of amides is 1. The van der Waals surface area contributed by atoms with Gasteiger partial charge in [0, 0.05) is 70.5 Å². The van der Waals surface area contributed by atoms with Gasteiger partial charge in [-0.1, -0.05) is 0 Å². The molecule has 9 nitrogen and oxygen atoms in total. The Labute approximate surface area is 193 Å². The predicted octanol–water partition coefficient (Wildman–Crippen LogP) is 3.27. The molecule has 4 heterocycles. The smallest absolute Gasteiger partial charge is 0.222 e. The number of aromatic nitrogens is 3. The molecule has 1 amide bonds. The third-order valence-electron chi connectivity index (χ3n) is 5.98. The molecule has 1 saturated heterocycles. The second-order valence-corrected chi connectivity index (χ2v) is 8.35. The summed E-state index contributed by atoms with van der Waals surface area (Å²) in [6, 6.07) is 5.69. The number of nitrogens with zero attached hydrogens (tertiary/aromatic N) is 3. The lowest BCUT2D eigenvalue weighted by atomic mass is 9.96. The third kappa shape index (κ3) is 4.71. The van der Waals surface area contributed by atoms with E-state index < -0.39 is 5.60 Å². The number of methoxy groups -OCH3 is 2. The van der Waals surface area contributed by atoms with E-state index in [1.807, 2.05) is 42.9 Å².